The van der Waals surface area contributed by atoms with Gasteiger partial charge in [0.05, 0.1) is 5.92 Å². The summed E-state index contributed by atoms with van der Waals surface area (Å²) < 4.78 is 30.0. The minimum Gasteiger partial charge on any atom is -0.481 e. The van der Waals surface area contributed by atoms with E-state index in [4.69, 9.17) is 0 Å². The van der Waals surface area contributed by atoms with E-state index in [1.165, 1.54) is 0 Å². The van der Waals surface area contributed by atoms with E-state index in [0.717, 1.165) is 0 Å². The van der Waals surface area contributed by atoms with Gasteiger partial charge in [-0.3, -0.25) is 14.1 Å². The molecule has 0 saturated carbocycles. The van der Waals surface area contributed by atoms with E-state index in [2.05, 4.69) is 0 Å². The van der Waals surface area contributed by atoms with Crippen LogP contribution in [-0.2, 0) is 19.7 Å². The maximum atomic E-state index is 11.7. The molecule has 0 fully saturated rings. The third kappa shape index (κ3) is 6.76. The van der Waals surface area contributed by atoms with Crippen molar-refractivity contribution in [2.75, 3.05) is 0 Å². The average Bonchev–Trinajstić information content (AvgIpc) is 2.19. The Labute approximate surface area is 175 Å². The Morgan fingerprint density at radius 3 is 1.59 bits per heavy atom. The summed E-state index contributed by atoms with van der Waals surface area (Å²) in [5.41, 5.74) is 0. The molecule has 0 aliphatic heterocycles. The Morgan fingerprint density at radius 1 is 1.00 bits per heavy atom. The maximum Gasteiger partial charge on any atom is 1.00 e. The van der Waals surface area contributed by atoms with Crippen LogP contribution in [0.4, 0.5) is 0 Å². The molecule has 22 heavy (non-hydrogen) atoms. The zero-order valence-electron chi connectivity index (χ0n) is 14.0. The van der Waals surface area contributed by atoms with E-state index in [0.29, 0.717) is 0 Å². The van der Waals surface area contributed by atoms with Crippen molar-refractivity contribution in [1.29, 1.82) is 0 Å². The summed E-state index contributed by atoms with van der Waals surface area (Å²) in [4.78, 5) is 22.9. The molecule has 0 amide bonds. The van der Waals surface area contributed by atoms with Crippen LogP contribution in [0.3, 0.4) is 0 Å². The topological polar surface area (TPSA) is 129 Å². The fraction of sp³-hybridized carbons (Fsp3) is 0.833. The predicted octanol–water partition coefficient (Wildman–Crippen LogP) is -4.50. The van der Waals surface area contributed by atoms with E-state index in [1.807, 2.05) is 0 Å². The molecule has 0 aromatic carbocycles. The average molecular weight is 356 g/mol. The summed E-state index contributed by atoms with van der Waals surface area (Å²) >= 11 is 0. The minimum absolute atomic E-state index is 0. The number of hydrogen-bond donors (Lipinski definition) is 3. The molecule has 3 N–H and O–H groups in total. The second kappa shape index (κ2) is 10.7. The van der Waals surface area contributed by atoms with Crippen LogP contribution < -0.4 is 59.1 Å². The van der Waals surface area contributed by atoms with Gasteiger partial charge in [-0.25, -0.2) is 0 Å². The SMILES string of the molecule is CC(C)CC(C(=O)O)C(CC(C)C)(C(=O)O)S(=O)(=O)O.[Na+].[Na+]. The molecule has 0 aliphatic carbocycles. The Balaban J connectivity index is -0.00000180. The van der Waals surface area contributed by atoms with Crippen LogP contribution in [0.5, 0.6) is 0 Å². The molecule has 0 aliphatic rings. The molecule has 0 aromatic heterocycles. The van der Waals surface area contributed by atoms with Crippen molar-refractivity contribution in [1.82, 2.24) is 0 Å². The number of hydrogen-bond acceptors (Lipinski definition) is 4. The third-order valence-electron chi connectivity index (χ3n) is 3.10. The summed E-state index contributed by atoms with van der Waals surface area (Å²) in [6, 6.07) is 0. The van der Waals surface area contributed by atoms with Crippen molar-refractivity contribution in [2.24, 2.45) is 17.8 Å². The summed E-state index contributed by atoms with van der Waals surface area (Å²) in [5.74, 6) is -5.73. The van der Waals surface area contributed by atoms with Gasteiger partial charge in [0.25, 0.3) is 10.1 Å². The Hall–Kier alpha value is 0.850. The van der Waals surface area contributed by atoms with Gasteiger partial charge >= 0.3 is 71.1 Å². The van der Waals surface area contributed by atoms with Crippen LogP contribution in [0.25, 0.3) is 0 Å². The van der Waals surface area contributed by atoms with E-state index < -0.39 is 45.1 Å². The molecule has 0 bridgehead atoms. The molecule has 0 heterocycles. The van der Waals surface area contributed by atoms with Gasteiger partial charge in [0.2, 0.25) is 4.75 Å². The summed E-state index contributed by atoms with van der Waals surface area (Å²) in [7, 11) is -5.09. The van der Waals surface area contributed by atoms with Gasteiger partial charge in [0.1, 0.15) is 0 Å². The van der Waals surface area contributed by atoms with Crippen molar-refractivity contribution in [2.45, 2.75) is 45.3 Å². The van der Waals surface area contributed by atoms with Crippen LogP contribution in [0.1, 0.15) is 40.5 Å². The molecular weight excluding hydrogens is 334 g/mol. The largest absolute Gasteiger partial charge is 1.00 e. The molecule has 10 heteroatoms. The van der Waals surface area contributed by atoms with Crippen LogP contribution >= 0.6 is 0 Å². The summed E-state index contributed by atoms with van der Waals surface area (Å²) in [5, 5.41) is 18.6. The maximum absolute atomic E-state index is 11.7. The molecule has 2 atom stereocenters. The monoisotopic (exact) mass is 356 g/mol. The predicted molar refractivity (Wildman–Crippen MR) is 72.0 cm³/mol. The van der Waals surface area contributed by atoms with Crippen molar-refractivity contribution in [3.8, 4) is 0 Å². The summed E-state index contributed by atoms with van der Waals surface area (Å²) in [6.07, 6.45) is -0.626. The quantitative estimate of drug-likeness (QED) is 0.295. The first kappa shape index (κ1) is 27.7. The van der Waals surface area contributed by atoms with Gasteiger partial charge in [-0.1, -0.05) is 27.7 Å². The molecule has 2 unspecified atom stereocenters. The van der Waals surface area contributed by atoms with Crippen molar-refractivity contribution < 1.29 is 91.9 Å². The number of rotatable bonds is 8. The van der Waals surface area contributed by atoms with Gasteiger partial charge in [0.15, 0.2) is 0 Å². The molecule has 0 radical (unpaired) electrons. The number of carboxylic acid groups (broad SMARTS) is 2. The second-order valence-corrected chi connectivity index (χ2v) is 7.47. The van der Waals surface area contributed by atoms with Gasteiger partial charge in [0, 0.05) is 0 Å². The van der Waals surface area contributed by atoms with E-state index >= 15 is 0 Å². The Kier molecular flexibility index (Phi) is 13.4. The fourth-order valence-corrected chi connectivity index (χ4v) is 3.66. The Bertz CT molecular complexity index is 476. The van der Waals surface area contributed by atoms with Crippen LogP contribution in [-0.4, -0.2) is 39.9 Å². The standard InChI is InChI=1S/C12H22O7S.2Na/c1-7(2)5-9(10(13)14)12(11(15)16,6-8(3)4)20(17,18)19;;/h7-9H,5-6H2,1-4H3,(H,13,14)(H,15,16)(H,17,18,19);;/q;2*+1. The van der Waals surface area contributed by atoms with Crippen molar-refractivity contribution in [3.63, 3.8) is 0 Å². The Morgan fingerprint density at radius 2 is 1.41 bits per heavy atom. The van der Waals surface area contributed by atoms with Crippen molar-refractivity contribution >= 4 is 22.1 Å². The second-order valence-electron chi connectivity index (χ2n) is 5.79. The minimum atomic E-state index is -5.09. The zero-order valence-corrected chi connectivity index (χ0v) is 18.8. The van der Waals surface area contributed by atoms with Crippen LogP contribution in [0.15, 0.2) is 0 Å². The molecule has 0 aromatic rings. The number of carbonyl (C=O) groups is 2. The van der Waals surface area contributed by atoms with E-state index in [9.17, 15) is 32.8 Å². The normalized spacial score (nSPS) is 15.4. The molecule has 0 rings (SSSR count). The van der Waals surface area contributed by atoms with Crippen molar-refractivity contribution in [3.05, 3.63) is 0 Å². The molecule has 7 nitrogen and oxygen atoms in total. The summed E-state index contributed by atoms with van der Waals surface area (Å²) in [6.45, 7) is 6.44. The first-order valence-corrected chi connectivity index (χ1v) is 7.73. The van der Waals surface area contributed by atoms with E-state index in [1.54, 1.807) is 27.7 Å². The molecule has 118 valence electrons. The first-order valence-electron chi connectivity index (χ1n) is 6.29. The van der Waals surface area contributed by atoms with Gasteiger partial charge < -0.3 is 10.2 Å². The van der Waals surface area contributed by atoms with Gasteiger partial charge in [-0.15, -0.1) is 0 Å². The first-order chi connectivity index (χ1) is 8.86. The number of carboxylic acids is 2. The van der Waals surface area contributed by atoms with E-state index in [-0.39, 0.29) is 71.5 Å². The zero-order chi connectivity index (χ0) is 16.3. The molecular formula is C12H22Na2O7S+2. The van der Waals surface area contributed by atoms with Gasteiger partial charge in [-0.2, -0.15) is 8.42 Å². The van der Waals surface area contributed by atoms with Crippen LogP contribution in [0, 0.1) is 17.8 Å². The third-order valence-corrected chi connectivity index (χ3v) is 4.65. The molecule has 0 spiro atoms. The fourth-order valence-electron chi connectivity index (χ4n) is 2.34. The van der Waals surface area contributed by atoms with Gasteiger partial charge in [-0.05, 0) is 24.7 Å². The van der Waals surface area contributed by atoms with Crippen LogP contribution in [0.2, 0.25) is 0 Å². The molecule has 0 saturated heterocycles. The smallest absolute Gasteiger partial charge is 0.481 e. The number of aliphatic carboxylic acids is 2.